The molecule has 0 amide bonds. The molecule has 0 fully saturated rings. The van der Waals surface area contributed by atoms with E-state index in [4.69, 9.17) is 5.11 Å². The summed E-state index contributed by atoms with van der Waals surface area (Å²) in [6, 6.07) is 21.7. The summed E-state index contributed by atoms with van der Waals surface area (Å²) in [4.78, 5) is 11.1. The minimum atomic E-state index is -3.06. The van der Waals surface area contributed by atoms with Gasteiger partial charge in [-0.15, -0.1) is 0 Å². The lowest BCUT2D eigenvalue weighted by atomic mass is 10.2. The van der Waals surface area contributed by atoms with E-state index >= 15 is 0 Å². The van der Waals surface area contributed by atoms with Gasteiger partial charge in [0.2, 0.25) is 0 Å². The summed E-state index contributed by atoms with van der Waals surface area (Å²) in [6.45, 7) is 3.98. The highest BCUT2D eigenvalue weighted by Gasteiger charge is 2.29. The Morgan fingerprint density at radius 2 is 1.00 bits per heavy atom. The number of hydrogen-bond acceptors (Lipinski definition) is 2. The van der Waals surface area contributed by atoms with Gasteiger partial charge in [0.15, 0.2) is 7.14 Å². The monoisotopic (exact) mass is 350 g/mol. The largest absolute Gasteiger partial charge is 0.478 e. The van der Waals surface area contributed by atoms with Crippen molar-refractivity contribution in [3.05, 3.63) is 89.5 Å². The van der Waals surface area contributed by atoms with Crippen LogP contribution in [0.15, 0.2) is 72.8 Å². The molecule has 4 heteroatoms. The molecule has 0 aromatic heterocycles. The van der Waals surface area contributed by atoms with E-state index in [1.807, 2.05) is 62.4 Å². The highest BCUT2D eigenvalue weighted by molar-refractivity contribution is 7.85. The number of carbonyl (C=O) groups is 1. The van der Waals surface area contributed by atoms with E-state index in [1.54, 1.807) is 12.1 Å². The van der Waals surface area contributed by atoms with Gasteiger partial charge >= 0.3 is 5.97 Å². The number of aryl methyl sites for hydroxylation is 2. The van der Waals surface area contributed by atoms with Crippen molar-refractivity contribution < 1.29 is 14.5 Å². The highest BCUT2D eigenvalue weighted by Crippen LogP contribution is 2.42. The predicted molar refractivity (Wildman–Crippen MR) is 102 cm³/mol. The zero-order chi connectivity index (χ0) is 18.0. The van der Waals surface area contributed by atoms with Crippen molar-refractivity contribution in [1.82, 2.24) is 0 Å². The van der Waals surface area contributed by atoms with Gasteiger partial charge in [-0.3, -0.25) is 0 Å². The number of carboxylic acid groups (broad SMARTS) is 1. The third-order valence-electron chi connectivity index (χ3n) is 4.27. The van der Waals surface area contributed by atoms with Crippen LogP contribution >= 0.6 is 7.14 Å². The third-order valence-corrected chi connectivity index (χ3v) is 7.35. The number of aromatic carboxylic acids is 1. The van der Waals surface area contributed by atoms with Crippen LogP contribution in [-0.2, 0) is 4.57 Å². The Balaban J connectivity index is 2.21. The minimum Gasteiger partial charge on any atom is -0.478 e. The van der Waals surface area contributed by atoms with Crippen molar-refractivity contribution in [3.63, 3.8) is 0 Å². The summed E-state index contributed by atoms with van der Waals surface area (Å²) in [5.74, 6) is -0.993. The summed E-state index contributed by atoms with van der Waals surface area (Å²) in [5.41, 5.74) is 2.38. The molecule has 3 rings (SSSR count). The fraction of sp³-hybridized carbons (Fsp3) is 0.0952. The fourth-order valence-corrected chi connectivity index (χ4v) is 5.37. The Bertz CT molecular complexity index is 890. The van der Waals surface area contributed by atoms with E-state index in [1.165, 1.54) is 12.1 Å². The average molecular weight is 350 g/mol. The first-order valence-corrected chi connectivity index (χ1v) is 9.70. The molecule has 0 atom stereocenters. The average Bonchev–Trinajstić information content (AvgIpc) is 2.62. The van der Waals surface area contributed by atoms with E-state index in [-0.39, 0.29) is 5.56 Å². The summed E-state index contributed by atoms with van der Waals surface area (Å²) >= 11 is 0. The second-order valence-electron chi connectivity index (χ2n) is 6.13. The number of hydrogen-bond donors (Lipinski definition) is 1. The second-order valence-corrected chi connectivity index (χ2v) is 8.90. The molecule has 3 aromatic carbocycles. The van der Waals surface area contributed by atoms with E-state index < -0.39 is 13.1 Å². The molecule has 0 unspecified atom stereocenters. The molecular formula is C21H19O3P. The van der Waals surface area contributed by atoms with E-state index in [2.05, 4.69) is 0 Å². The Labute approximate surface area is 147 Å². The van der Waals surface area contributed by atoms with Gasteiger partial charge < -0.3 is 9.67 Å². The zero-order valence-electron chi connectivity index (χ0n) is 14.1. The van der Waals surface area contributed by atoms with E-state index in [9.17, 15) is 9.36 Å². The van der Waals surface area contributed by atoms with Crippen LogP contribution in [0.1, 0.15) is 21.5 Å². The zero-order valence-corrected chi connectivity index (χ0v) is 15.0. The lowest BCUT2D eigenvalue weighted by molar-refractivity contribution is 0.0697. The van der Waals surface area contributed by atoms with Gasteiger partial charge in [0, 0.05) is 15.9 Å². The van der Waals surface area contributed by atoms with E-state index in [0.717, 1.165) is 21.7 Å². The van der Waals surface area contributed by atoms with Gasteiger partial charge in [-0.2, -0.15) is 0 Å². The van der Waals surface area contributed by atoms with Crippen LogP contribution in [0.25, 0.3) is 0 Å². The molecule has 0 bridgehead atoms. The van der Waals surface area contributed by atoms with Gasteiger partial charge in [0.1, 0.15) is 0 Å². The van der Waals surface area contributed by atoms with Crippen molar-refractivity contribution in [2.45, 2.75) is 13.8 Å². The predicted octanol–water partition coefficient (Wildman–Crippen LogP) is 3.64. The lowest BCUT2D eigenvalue weighted by Gasteiger charge is -2.20. The molecule has 0 radical (unpaired) electrons. The minimum absolute atomic E-state index is 0.183. The van der Waals surface area contributed by atoms with Crippen LogP contribution in [0.2, 0.25) is 0 Å². The Hall–Kier alpha value is -2.64. The van der Waals surface area contributed by atoms with Gasteiger partial charge in [-0.05, 0) is 26.0 Å². The molecule has 0 aliphatic heterocycles. The molecule has 3 aromatic rings. The normalized spacial score (nSPS) is 11.3. The maximum Gasteiger partial charge on any atom is 0.335 e. The highest BCUT2D eigenvalue weighted by atomic mass is 31.2. The quantitative estimate of drug-likeness (QED) is 0.731. The van der Waals surface area contributed by atoms with Crippen molar-refractivity contribution in [1.29, 1.82) is 0 Å². The SMILES string of the molecule is Cc1ccc(P(=O)(c2ccc(C)cc2)c2ccc(C(=O)O)cc2)cc1. The molecular weight excluding hydrogens is 331 g/mol. The van der Waals surface area contributed by atoms with Crippen molar-refractivity contribution in [2.24, 2.45) is 0 Å². The maximum atomic E-state index is 14.2. The Morgan fingerprint density at radius 1 is 0.680 bits per heavy atom. The van der Waals surface area contributed by atoms with Crippen LogP contribution in [0, 0.1) is 13.8 Å². The Morgan fingerprint density at radius 3 is 1.32 bits per heavy atom. The molecule has 3 nitrogen and oxygen atoms in total. The summed E-state index contributed by atoms with van der Waals surface area (Å²) < 4.78 is 14.2. The van der Waals surface area contributed by atoms with Crippen molar-refractivity contribution in [3.8, 4) is 0 Å². The number of rotatable bonds is 4. The lowest BCUT2D eigenvalue weighted by Crippen LogP contribution is -2.25. The molecule has 0 saturated heterocycles. The van der Waals surface area contributed by atoms with Gasteiger partial charge in [-0.25, -0.2) is 4.79 Å². The molecule has 0 saturated carbocycles. The van der Waals surface area contributed by atoms with Gasteiger partial charge in [0.05, 0.1) is 5.56 Å². The van der Waals surface area contributed by atoms with Crippen LogP contribution in [0.4, 0.5) is 0 Å². The van der Waals surface area contributed by atoms with Crippen LogP contribution in [0.3, 0.4) is 0 Å². The summed E-state index contributed by atoms with van der Waals surface area (Å²) in [5, 5.41) is 11.2. The second kappa shape index (κ2) is 6.70. The molecule has 126 valence electrons. The van der Waals surface area contributed by atoms with Crippen molar-refractivity contribution in [2.75, 3.05) is 0 Å². The summed E-state index contributed by atoms with van der Waals surface area (Å²) in [6.07, 6.45) is 0. The first kappa shape index (κ1) is 17.2. The standard InChI is InChI=1S/C21H19O3P/c1-15-3-9-18(10-4-15)25(24,19-11-5-16(2)6-12-19)20-13-7-17(8-14-20)21(22)23/h3-14H,1-2H3,(H,22,23). The maximum absolute atomic E-state index is 14.2. The van der Waals surface area contributed by atoms with Gasteiger partial charge in [-0.1, -0.05) is 71.8 Å². The molecule has 0 heterocycles. The van der Waals surface area contributed by atoms with Crippen LogP contribution in [-0.4, -0.2) is 11.1 Å². The molecule has 0 spiro atoms. The summed E-state index contributed by atoms with van der Waals surface area (Å²) in [7, 11) is -3.06. The smallest absolute Gasteiger partial charge is 0.335 e. The third kappa shape index (κ3) is 3.29. The molecule has 0 aliphatic carbocycles. The number of carboxylic acids is 1. The van der Waals surface area contributed by atoms with Gasteiger partial charge in [0.25, 0.3) is 0 Å². The van der Waals surface area contributed by atoms with E-state index in [0.29, 0.717) is 5.30 Å². The Kier molecular flexibility index (Phi) is 4.61. The fourth-order valence-electron chi connectivity index (χ4n) is 2.77. The number of benzene rings is 3. The first-order valence-electron chi connectivity index (χ1n) is 8.00. The molecule has 25 heavy (non-hydrogen) atoms. The molecule has 1 N–H and O–H groups in total. The van der Waals surface area contributed by atoms with Crippen LogP contribution in [0.5, 0.6) is 0 Å². The first-order chi connectivity index (χ1) is 11.9. The molecule has 0 aliphatic rings. The topological polar surface area (TPSA) is 54.4 Å². The van der Waals surface area contributed by atoms with Crippen LogP contribution < -0.4 is 15.9 Å². The van der Waals surface area contributed by atoms with Crippen molar-refractivity contribution >= 4 is 29.0 Å².